The lowest BCUT2D eigenvalue weighted by Gasteiger charge is -2.14. The maximum absolute atomic E-state index is 10.6. The van der Waals surface area contributed by atoms with Crippen LogP contribution >= 0.6 is 15.9 Å². The summed E-state index contributed by atoms with van der Waals surface area (Å²) >= 11 is 3.43. The number of aliphatic hydroxyl groups is 2. The van der Waals surface area contributed by atoms with Gasteiger partial charge in [-0.05, 0) is 67.9 Å². The van der Waals surface area contributed by atoms with Crippen LogP contribution in [0.5, 0.6) is 5.75 Å². The van der Waals surface area contributed by atoms with E-state index in [0.717, 1.165) is 29.5 Å². The zero-order valence-electron chi connectivity index (χ0n) is 15.8. The second-order valence-corrected chi connectivity index (χ2v) is 7.93. The fourth-order valence-corrected chi connectivity index (χ4v) is 3.65. The molecule has 152 valence electrons. The van der Waals surface area contributed by atoms with E-state index in [2.05, 4.69) is 33.8 Å². The summed E-state index contributed by atoms with van der Waals surface area (Å²) in [5.74, 6) is -2.46. The maximum atomic E-state index is 10.6. The Morgan fingerprint density at radius 1 is 1.32 bits per heavy atom. The first-order valence-corrected chi connectivity index (χ1v) is 10.3. The Hall–Kier alpha value is -1.85. The number of carboxylic acids is 1. The largest absolute Gasteiger partial charge is 0.493 e. The molecule has 1 saturated carbocycles. The van der Waals surface area contributed by atoms with Crippen molar-refractivity contribution in [2.24, 2.45) is 11.8 Å². The van der Waals surface area contributed by atoms with Gasteiger partial charge in [-0.1, -0.05) is 40.6 Å². The Morgan fingerprint density at radius 3 is 2.89 bits per heavy atom. The van der Waals surface area contributed by atoms with E-state index in [1.54, 1.807) is 0 Å². The van der Waals surface area contributed by atoms with Crippen molar-refractivity contribution in [1.29, 1.82) is 0 Å². The van der Waals surface area contributed by atoms with Gasteiger partial charge in [0.2, 0.25) is 0 Å². The summed E-state index contributed by atoms with van der Waals surface area (Å²) in [4.78, 5) is 10.6. The molecule has 2 atom stereocenters. The van der Waals surface area contributed by atoms with Crippen molar-refractivity contribution in [3.63, 3.8) is 0 Å². The smallest absolute Gasteiger partial charge is 0.364 e. The maximum Gasteiger partial charge on any atom is 0.364 e. The lowest BCUT2D eigenvalue weighted by atomic mass is 9.92. The van der Waals surface area contributed by atoms with Crippen LogP contribution in [-0.2, 0) is 4.79 Å². The summed E-state index contributed by atoms with van der Waals surface area (Å²) in [5.41, 5.74) is 2.86. The molecule has 5 nitrogen and oxygen atoms in total. The van der Waals surface area contributed by atoms with Crippen LogP contribution in [0.15, 0.2) is 58.8 Å². The van der Waals surface area contributed by atoms with Crippen molar-refractivity contribution in [2.45, 2.75) is 44.3 Å². The Kier molecular flexibility index (Phi) is 9.00. The first-order chi connectivity index (χ1) is 13.4. The predicted octanol–water partition coefficient (Wildman–Crippen LogP) is 4.45. The van der Waals surface area contributed by atoms with E-state index in [1.807, 2.05) is 30.3 Å². The molecule has 1 aliphatic carbocycles. The molecule has 28 heavy (non-hydrogen) atoms. The number of rotatable bonds is 10. The molecule has 1 fully saturated rings. The topological polar surface area (TPSA) is 87.0 Å². The van der Waals surface area contributed by atoms with Crippen LogP contribution in [-0.4, -0.2) is 33.7 Å². The summed E-state index contributed by atoms with van der Waals surface area (Å²) in [5, 5.41) is 27.1. The van der Waals surface area contributed by atoms with Crippen LogP contribution in [0.25, 0.3) is 0 Å². The van der Waals surface area contributed by atoms with E-state index in [-0.39, 0.29) is 6.42 Å². The molecule has 0 amide bonds. The quantitative estimate of drug-likeness (QED) is 0.212. The van der Waals surface area contributed by atoms with Crippen LogP contribution in [0.2, 0.25) is 0 Å². The third-order valence-electron chi connectivity index (χ3n) is 4.84. The van der Waals surface area contributed by atoms with Crippen molar-refractivity contribution in [3.8, 4) is 5.75 Å². The Bertz CT molecular complexity index is 734. The average molecular weight is 451 g/mol. The molecule has 0 saturated heterocycles. The van der Waals surface area contributed by atoms with Gasteiger partial charge in [-0.2, -0.15) is 0 Å². The molecule has 3 N–H and O–H groups in total. The molecule has 1 aliphatic rings. The zero-order valence-corrected chi connectivity index (χ0v) is 17.3. The van der Waals surface area contributed by atoms with E-state index >= 15 is 0 Å². The fraction of sp³-hybridized carbons (Fsp3) is 0.455. The molecule has 0 spiro atoms. The van der Waals surface area contributed by atoms with Crippen molar-refractivity contribution in [3.05, 3.63) is 58.8 Å². The standard InChI is InChI=1S/C22H27BrO5/c23-19-12-7-13-20(16-19)28-15-5-3-9-18-11-6-10-17(18)8-2-1-4-14-22(26,27)21(24)25/h2-4,7,9,12-13,16-18,26-27H,5-6,8,10-11,14-15H2,(H,24,25)/b9-3+/t1?,17-,18-/m0/s1. The number of ether oxygens (including phenoxy) is 1. The van der Waals surface area contributed by atoms with Crippen molar-refractivity contribution in [1.82, 2.24) is 0 Å². The highest BCUT2D eigenvalue weighted by molar-refractivity contribution is 9.10. The number of carboxylic acid groups (broad SMARTS) is 1. The molecule has 0 unspecified atom stereocenters. The van der Waals surface area contributed by atoms with Crippen LogP contribution in [0.4, 0.5) is 0 Å². The lowest BCUT2D eigenvalue weighted by molar-refractivity contribution is -0.201. The van der Waals surface area contributed by atoms with Gasteiger partial charge < -0.3 is 20.1 Å². The normalized spacial score (nSPS) is 19.4. The van der Waals surface area contributed by atoms with Crippen molar-refractivity contribution < 1.29 is 24.9 Å². The molecular formula is C22H27BrO5. The number of benzene rings is 1. The third kappa shape index (κ3) is 7.64. The van der Waals surface area contributed by atoms with E-state index in [9.17, 15) is 15.0 Å². The lowest BCUT2D eigenvalue weighted by Crippen LogP contribution is -2.37. The van der Waals surface area contributed by atoms with Crippen molar-refractivity contribution in [2.75, 3.05) is 6.61 Å². The molecule has 2 rings (SSSR count). The van der Waals surface area contributed by atoms with E-state index in [1.165, 1.54) is 18.9 Å². The summed E-state index contributed by atoms with van der Waals surface area (Å²) in [6.45, 7) is 0.640. The highest BCUT2D eigenvalue weighted by Gasteiger charge is 2.31. The fourth-order valence-electron chi connectivity index (χ4n) is 3.28. The van der Waals surface area contributed by atoms with Crippen LogP contribution in [0, 0.1) is 11.8 Å². The number of halogens is 1. The second-order valence-electron chi connectivity index (χ2n) is 7.01. The second kappa shape index (κ2) is 11.2. The number of aliphatic carboxylic acids is 1. The van der Waals surface area contributed by atoms with Crippen LogP contribution in [0.3, 0.4) is 0 Å². The van der Waals surface area contributed by atoms with Gasteiger partial charge in [-0.3, -0.25) is 0 Å². The van der Waals surface area contributed by atoms with Gasteiger partial charge in [0.15, 0.2) is 0 Å². The summed E-state index contributed by atoms with van der Waals surface area (Å²) in [7, 11) is 0. The number of hydrogen-bond donors (Lipinski definition) is 3. The highest BCUT2D eigenvalue weighted by Crippen LogP contribution is 2.35. The first-order valence-electron chi connectivity index (χ1n) is 9.51. The minimum atomic E-state index is -2.72. The van der Waals surface area contributed by atoms with Gasteiger partial charge in [0.05, 0.1) is 6.61 Å². The van der Waals surface area contributed by atoms with Gasteiger partial charge in [0.1, 0.15) is 5.75 Å². The summed E-state index contributed by atoms with van der Waals surface area (Å²) in [6.07, 6.45) is 12.5. The Labute approximate surface area is 174 Å². The van der Waals surface area contributed by atoms with Gasteiger partial charge in [0, 0.05) is 10.9 Å². The summed E-state index contributed by atoms with van der Waals surface area (Å²) < 4.78 is 6.73. The van der Waals surface area contributed by atoms with E-state index in [0.29, 0.717) is 18.4 Å². The van der Waals surface area contributed by atoms with E-state index < -0.39 is 11.8 Å². The SMILES string of the molecule is O=C(O)C(O)(O)CC=C=CC[C@H]1CCC[C@@H]1/C=C/CCOc1cccc(Br)c1. The molecule has 0 radical (unpaired) electrons. The molecule has 1 aromatic rings. The number of allylic oxidation sites excluding steroid dienone is 1. The molecule has 0 aromatic heterocycles. The molecule has 0 aliphatic heterocycles. The molecule has 0 heterocycles. The Morgan fingerprint density at radius 2 is 2.14 bits per heavy atom. The molecule has 6 heteroatoms. The highest BCUT2D eigenvalue weighted by atomic mass is 79.9. The minimum absolute atomic E-state index is 0.384. The molecule has 1 aromatic carbocycles. The van der Waals surface area contributed by atoms with Gasteiger partial charge in [-0.25, -0.2) is 4.79 Å². The van der Waals surface area contributed by atoms with Crippen LogP contribution < -0.4 is 4.74 Å². The van der Waals surface area contributed by atoms with Gasteiger partial charge >= 0.3 is 5.97 Å². The van der Waals surface area contributed by atoms with E-state index in [4.69, 9.17) is 9.84 Å². The monoisotopic (exact) mass is 450 g/mol. The first kappa shape index (κ1) is 22.4. The number of carbonyl (C=O) groups is 1. The third-order valence-corrected chi connectivity index (χ3v) is 5.33. The average Bonchev–Trinajstić information content (AvgIpc) is 3.08. The van der Waals surface area contributed by atoms with Crippen LogP contribution in [0.1, 0.15) is 38.5 Å². The number of hydrogen-bond acceptors (Lipinski definition) is 4. The molecule has 0 bridgehead atoms. The predicted molar refractivity (Wildman–Crippen MR) is 111 cm³/mol. The zero-order chi connectivity index (χ0) is 20.4. The Balaban J connectivity index is 1.72. The minimum Gasteiger partial charge on any atom is -0.493 e. The van der Waals surface area contributed by atoms with Gasteiger partial charge in [-0.15, -0.1) is 5.73 Å². The molecular weight excluding hydrogens is 424 g/mol. The van der Waals surface area contributed by atoms with Crippen molar-refractivity contribution >= 4 is 21.9 Å². The summed E-state index contributed by atoms with van der Waals surface area (Å²) in [6, 6.07) is 7.80. The van der Waals surface area contributed by atoms with Gasteiger partial charge in [0.25, 0.3) is 5.79 Å².